The maximum atomic E-state index is 4.51. The summed E-state index contributed by atoms with van der Waals surface area (Å²) in [5.74, 6) is 0.724. The molecule has 0 fully saturated rings. The van der Waals surface area contributed by atoms with Gasteiger partial charge in [0.05, 0.1) is 5.69 Å². The van der Waals surface area contributed by atoms with Crippen LogP contribution >= 0.6 is 0 Å². The number of hydrogen-bond donors (Lipinski definition) is 0. The Morgan fingerprint density at radius 3 is 2.75 bits per heavy atom. The van der Waals surface area contributed by atoms with Crippen LogP contribution in [0.5, 0.6) is 0 Å². The fraction of sp³-hybridized carbons (Fsp3) is 0.0714. The lowest BCUT2D eigenvalue weighted by Gasteiger charge is -2.04. The number of aryl methyl sites for hydroxylation is 1. The van der Waals surface area contributed by atoms with E-state index in [4.69, 9.17) is 0 Å². The first kappa shape index (κ1) is 11.0. The van der Waals surface area contributed by atoms with Crippen LogP contribution in [0.25, 0.3) is 28.2 Å². The number of pyridine rings is 2. The maximum absolute atomic E-state index is 4.51. The lowest BCUT2D eigenvalue weighted by molar-refractivity contribution is 1.10. The molecule has 0 radical (unpaired) electrons. The first-order valence-electron chi connectivity index (χ1n) is 6.21. The first-order chi connectivity index (χ1) is 9.84. The third-order valence-electron chi connectivity index (χ3n) is 3.17. The first-order valence-corrected chi connectivity index (χ1v) is 6.21. The molecule has 6 nitrogen and oxygen atoms in total. The van der Waals surface area contributed by atoms with E-state index in [0.29, 0.717) is 0 Å². The summed E-state index contributed by atoms with van der Waals surface area (Å²) in [7, 11) is 0. The molecule has 6 heteroatoms. The summed E-state index contributed by atoms with van der Waals surface area (Å²) in [6.45, 7) is 1.92. The third-order valence-corrected chi connectivity index (χ3v) is 3.17. The van der Waals surface area contributed by atoms with Crippen molar-refractivity contribution >= 4 is 16.8 Å². The Bertz CT molecular complexity index is 913. The Morgan fingerprint density at radius 2 is 1.90 bits per heavy atom. The van der Waals surface area contributed by atoms with E-state index in [1.165, 1.54) is 0 Å². The van der Waals surface area contributed by atoms with Gasteiger partial charge in [-0.05, 0) is 31.2 Å². The van der Waals surface area contributed by atoms with Crippen molar-refractivity contribution in [3.63, 3.8) is 0 Å². The van der Waals surface area contributed by atoms with Gasteiger partial charge in [-0.2, -0.15) is 0 Å². The molecule has 4 aromatic heterocycles. The van der Waals surface area contributed by atoms with E-state index < -0.39 is 0 Å². The molecule has 0 saturated carbocycles. The fourth-order valence-electron chi connectivity index (χ4n) is 2.28. The zero-order valence-electron chi connectivity index (χ0n) is 10.7. The van der Waals surface area contributed by atoms with Crippen molar-refractivity contribution in [1.29, 1.82) is 0 Å². The lowest BCUT2D eigenvalue weighted by atomic mass is 10.2. The lowest BCUT2D eigenvalue weighted by Crippen LogP contribution is -1.99. The normalized spacial score (nSPS) is 11.2. The molecule has 4 rings (SSSR count). The van der Waals surface area contributed by atoms with E-state index in [1.807, 2.05) is 35.6 Å². The zero-order valence-corrected chi connectivity index (χ0v) is 10.7. The molecular formula is C14H10N6. The van der Waals surface area contributed by atoms with Gasteiger partial charge in [0.25, 0.3) is 0 Å². The van der Waals surface area contributed by atoms with E-state index in [-0.39, 0.29) is 0 Å². The van der Waals surface area contributed by atoms with Crippen LogP contribution in [-0.4, -0.2) is 29.5 Å². The molecule has 96 valence electrons. The molecule has 0 bridgehead atoms. The maximum Gasteiger partial charge on any atom is 0.184 e. The number of fused-ring (bicyclic) bond motifs is 3. The highest BCUT2D eigenvalue weighted by atomic mass is 15.3. The van der Waals surface area contributed by atoms with Crippen molar-refractivity contribution in [3.8, 4) is 11.4 Å². The smallest absolute Gasteiger partial charge is 0.184 e. The number of aromatic nitrogens is 6. The van der Waals surface area contributed by atoms with Crippen LogP contribution in [0.2, 0.25) is 0 Å². The predicted octanol–water partition coefficient (Wildman–Crippen LogP) is 2.04. The largest absolute Gasteiger partial charge is 0.264 e. The second-order valence-electron chi connectivity index (χ2n) is 4.47. The Balaban J connectivity index is 2.19. The van der Waals surface area contributed by atoms with Crippen LogP contribution < -0.4 is 0 Å². The monoisotopic (exact) mass is 262 g/mol. The molecule has 4 heterocycles. The highest BCUT2D eigenvalue weighted by molar-refractivity contribution is 5.77. The third kappa shape index (κ3) is 1.48. The van der Waals surface area contributed by atoms with Gasteiger partial charge in [0.15, 0.2) is 17.1 Å². The summed E-state index contributed by atoms with van der Waals surface area (Å²) < 4.78 is 1.93. The summed E-state index contributed by atoms with van der Waals surface area (Å²) >= 11 is 0. The molecule has 0 aliphatic carbocycles. The van der Waals surface area contributed by atoms with E-state index in [1.54, 1.807) is 18.6 Å². The van der Waals surface area contributed by atoms with E-state index >= 15 is 0 Å². The Morgan fingerprint density at radius 1 is 1.00 bits per heavy atom. The highest BCUT2D eigenvalue weighted by Gasteiger charge is 2.14. The number of nitrogens with zero attached hydrogens (tertiary/aromatic N) is 6. The number of rotatable bonds is 1. The molecule has 0 saturated heterocycles. The van der Waals surface area contributed by atoms with Crippen molar-refractivity contribution in [2.75, 3.05) is 0 Å². The van der Waals surface area contributed by atoms with Crippen LogP contribution in [0.15, 0.2) is 42.9 Å². The molecular weight excluding hydrogens is 252 g/mol. The quantitative estimate of drug-likeness (QED) is 0.525. The minimum absolute atomic E-state index is 0.718. The van der Waals surface area contributed by atoms with Gasteiger partial charge in [0, 0.05) is 24.2 Å². The zero-order chi connectivity index (χ0) is 13.5. The molecule has 0 unspecified atom stereocenters. The molecule has 4 aromatic rings. The molecule has 0 aliphatic rings. The summed E-state index contributed by atoms with van der Waals surface area (Å²) in [6.07, 6.45) is 5.24. The Labute approximate surface area is 114 Å². The van der Waals surface area contributed by atoms with Gasteiger partial charge in [-0.15, -0.1) is 10.2 Å². The van der Waals surface area contributed by atoms with E-state index in [0.717, 1.165) is 33.9 Å². The van der Waals surface area contributed by atoms with Gasteiger partial charge in [-0.1, -0.05) is 0 Å². The summed E-state index contributed by atoms with van der Waals surface area (Å²) in [6, 6.07) is 7.63. The van der Waals surface area contributed by atoms with Gasteiger partial charge < -0.3 is 0 Å². The topological polar surface area (TPSA) is 68.9 Å². The van der Waals surface area contributed by atoms with Crippen LogP contribution in [0.3, 0.4) is 0 Å². The van der Waals surface area contributed by atoms with Crippen LogP contribution in [0.1, 0.15) is 5.69 Å². The van der Waals surface area contributed by atoms with Gasteiger partial charge >= 0.3 is 0 Å². The highest BCUT2D eigenvalue weighted by Crippen LogP contribution is 2.22. The van der Waals surface area contributed by atoms with Crippen molar-refractivity contribution in [2.45, 2.75) is 6.92 Å². The Hall–Kier alpha value is -2.89. The summed E-state index contributed by atoms with van der Waals surface area (Å²) in [4.78, 5) is 13.1. The van der Waals surface area contributed by atoms with Crippen LogP contribution in [0.4, 0.5) is 0 Å². The average molecular weight is 262 g/mol. The minimum Gasteiger partial charge on any atom is -0.264 e. The summed E-state index contributed by atoms with van der Waals surface area (Å²) in [5, 5.41) is 8.50. The van der Waals surface area contributed by atoms with Gasteiger partial charge in [0.2, 0.25) is 0 Å². The molecule has 20 heavy (non-hydrogen) atoms. The molecule has 0 N–H and O–H groups in total. The summed E-state index contributed by atoms with van der Waals surface area (Å²) in [5.41, 5.74) is 4.01. The van der Waals surface area contributed by atoms with Crippen LogP contribution in [0, 0.1) is 6.92 Å². The number of hydrogen-bond acceptors (Lipinski definition) is 5. The van der Waals surface area contributed by atoms with E-state index in [2.05, 4.69) is 25.1 Å². The van der Waals surface area contributed by atoms with Gasteiger partial charge in [-0.25, -0.2) is 9.97 Å². The molecule has 0 atom stereocenters. The van der Waals surface area contributed by atoms with Gasteiger partial charge in [0.1, 0.15) is 5.52 Å². The van der Waals surface area contributed by atoms with Crippen molar-refractivity contribution in [1.82, 2.24) is 29.5 Å². The molecule has 0 aliphatic heterocycles. The average Bonchev–Trinajstić information content (AvgIpc) is 2.94. The molecule has 0 aromatic carbocycles. The SMILES string of the molecule is Cc1nc2cccnc2n2c(-c3cccnc3)nnc12. The second-order valence-corrected chi connectivity index (χ2v) is 4.47. The Kier molecular flexibility index (Phi) is 2.23. The fourth-order valence-corrected chi connectivity index (χ4v) is 2.28. The molecule has 0 spiro atoms. The predicted molar refractivity (Wildman–Crippen MR) is 74.1 cm³/mol. The second kappa shape index (κ2) is 4.06. The van der Waals surface area contributed by atoms with Crippen molar-refractivity contribution in [3.05, 3.63) is 48.5 Å². The van der Waals surface area contributed by atoms with E-state index in [9.17, 15) is 0 Å². The standard InChI is InChI=1S/C14H10N6/c1-9-12-18-19-13(10-4-2-6-15-8-10)20(12)14-11(17-9)5-3-7-16-14/h2-8H,1H3. The van der Waals surface area contributed by atoms with Crippen molar-refractivity contribution < 1.29 is 0 Å². The van der Waals surface area contributed by atoms with Crippen molar-refractivity contribution in [2.24, 2.45) is 0 Å². The van der Waals surface area contributed by atoms with Gasteiger partial charge in [-0.3, -0.25) is 9.38 Å². The van der Waals surface area contributed by atoms with Crippen LogP contribution in [-0.2, 0) is 0 Å². The molecule has 0 amide bonds. The minimum atomic E-state index is 0.718.